The molecule has 3 rings (SSSR count). The number of nitro benzene ring substituents is 1. The van der Waals surface area contributed by atoms with E-state index < -0.39 is 16.7 Å². The van der Waals surface area contributed by atoms with Crippen LogP contribution >= 0.6 is 0 Å². The van der Waals surface area contributed by atoms with E-state index in [9.17, 15) is 19.7 Å². The van der Waals surface area contributed by atoms with E-state index in [4.69, 9.17) is 9.47 Å². The van der Waals surface area contributed by atoms with E-state index in [1.807, 2.05) is 19.9 Å². The Bertz CT molecular complexity index is 1070. The maximum absolute atomic E-state index is 13.7. The van der Waals surface area contributed by atoms with Crippen molar-refractivity contribution in [3.05, 3.63) is 75.0 Å². The van der Waals surface area contributed by atoms with Crippen molar-refractivity contribution >= 4 is 28.8 Å². The van der Waals surface area contributed by atoms with Gasteiger partial charge in [0.15, 0.2) is 0 Å². The van der Waals surface area contributed by atoms with Gasteiger partial charge in [0.05, 0.1) is 29.4 Å². The van der Waals surface area contributed by atoms with Crippen molar-refractivity contribution < 1.29 is 24.0 Å². The second-order valence-electron chi connectivity index (χ2n) is 7.79. The molecular weight excluding hydrogens is 426 g/mol. The van der Waals surface area contributed by atoms with Gasteiger partial charge < -0.3 is 14.4 Å². The minimum atomic E-state index is -0.508. The van der Waals surface area contributed by atoms with Gasteiger partial charge in [-0.1, -0.05) is 6.07 Å². The summed E-state index contributed by atoms with van der Waals surface area (Å²) in [4.78, 5) is 40.8. The maximum Gasteiger partial charge on any atom is 0.282 e. The van der Waals surface area contributed by atoms with Crippen molar-refractivity contribution in [1.29, 1.82) is 0 Å². The zero-order valence-corrected chi connectivity index (χ0v) is 19.2. The SMILES string of the molecule is COCCN(CCOC)C1=C(c2ccc([N+](=O)[O-])cc2)C(=O)N(c2cc(C)cc(C)c2)C1=O. The number of nitrogens with zero attached hydrogens (tertiary/aromatic N) is 3. The molecular formula is C24H27N3O6. The lowest BCUT2D eigenvalue weighted by Crippen LogP contribution is -2.37. The number of benzene rings is 2. The van der Waals surface area contributed by atoms with E-state index in [1.165, 1.54) is 29.2 Å². The minimum absolute atomic E-state index is 0.0977. The molecule has 0 saturated heterocycles. The van der Waals surface area contributed by atoms with Gasteiger partial charge in [0.1, 0.15) is 5.70 Å². The predicted octanol–water partition coefficient (Wildman–Crippen LogP) is 3.09. The average Bonchev–Trinajstić information content (AvgIpc) is 3.03. The number of hydrogen-bond acceptors (Lipinski definition) is 7. The fourth-order valence-electron chi connectivity index (χ4n) is 3.87. The van der Waals surface area contributed by atoms with Crippen LogP contribution in [0.1, 0.15) is 16.7 Å². The molecule has 0 atom stereocenters. The van der Waals surface area contributed by atoms with E-state index in [0.29, 0.717) is 37.6 Å². The molecule has 0 aliphatic carbocycles. The van der Waals surface area contributed by atoms with Gasteiger partial charge in [-0.25, -0.2) is 4.90 Å². The molecule has 9 heteroatoms. The summed E-state index contributed by atoms with van der Waals surface area (Å²) in [5.74, 6) is -0.931. The normalized spacial score (nSPS) is 13.8. The lowest BCUT2D eigenvalue weighted by atomic mass is 10.0. The molecule has 1 aliphatic rings. The Labute approximate surface area is 192 Å². The third kappa shape index (κ3) is 5.10. The van der Waals surface area contributed by atoms with Crippen molar-refractivity contribution in [3.63, 3.8) is 0 Å². The van der Waals surface area contributed by atoms with E-state index in [-0.39, 0.29) is 17.0 Å². The highest BCUT2D eigenvalue weighted by atomic mass is 16.6. The molecule has 174 valence electrons. The van der Waals surface area contributed by atoms with Gasteiger partial charge in [-0.2, -0.15) is 0 Å². The quantitative estimate of drug-likeness (QED) is 0.309. The number of aryl methyl sites for hydroxylation is 2. The highest BCUT2D eigenvalue weighted by molar-refractivity contribution is 6.45. The molecule has 0 fully saturated rings. The maximum atomic E-state index is 13.7. The van der Waals surface area contributed by atoms with Crippen molar-refractivity contribution in [1.82, 2.24) is 4.90 Å². The minimum Gasteiger partial charge on any atom is -0.383 e. The standard InChI is InChI=1S/C24H27N3O6/c1-16-13-17(2)15-20(14-16)26-23(28)21(18-5-7-19(8-6-18)27(30)31)22(24(26)29)25(9-11-32-3)10-12-33-4/h5-8,13-15H,9-12H2,1-4H3. The number of anilines is 1. The fraction of sp³-hybridized carbons (Fsp3) is 0.333. The molecule has 2 aromatic carbocycles. The molecule has 9 nitrogen and oxygen atoms in total. The van der Waals surface area contributed by atoms with Crippen molar-refractivity contribution in [3.8, 4) is 0 Å². The molecule has 0 radical (unpaired) electrons. The van der Waals surface area contributed by atoms with Gasteiger partial charge >= 0.3 is 0 Å². The Morgan fingerprint density at radius 3 is 1.94 bits per heavy atom. The number of carbonyl (C=O) groups excluding carboxylic acids is 2. The number of non-ortho nitro benzene ring substituents is 1. The summed E-state index contributed by atoms with van der Waals surface area (Å²) in [7, 11) is 3.12. The number of hydrogen-bond donors (Lipinski definition) is 0. The Kier molecular flexibility index (Phi) is 7.57. The van der Waals surface area contributed by atoms with Gasteiger partial charge in [-0.05, 0) is 54.8 Å². The molecule has 33 heavy (non-hydrogen) atoms. The van der Waals surface area contributed by atoms with Gasteiger partial charge in [-0.3, -0.25) is 19.7 Å². The van der Waals surface area contributed by atoms with Crippen molar-refractivity contribution in [2.75, 3.05) is 45.4 Å². The largest absolute Gasteiger partial charge is 0.383 e. The Hall–Kier alpha value is -3.56. The Morgan fingerprint density at radius 2 is 1.45 bits per heavy atom. The summed E-state index contributed by atoms with van der Waals surface area (Å²) >= 11 is 0. The van der Waals surface area contributed by atoms with Crippen LogP contribution in [-0.2, 0) is 19.1 Å². The molecule has 0 bridgehead atoms. The van der Waals surface area contributed by atoms with E-state index in [2.05, 4.69) is 0 Å². The average molecular weight is 453 g/mol. The highest BCUT2D eigenvalue weighted by Gasteiger charge is 2.42. The number of amides is 2. The number of nitro groups is 1. The predicted molar refractivity (Wildman–Crippen MR) is 124 cm³/mol. The summed E-state index contributed by atoms with van der Waals surface area (Å²) in [6.07, 6.45) is 0. The lowest BCUT2D eigenvalue weighted by Gasteiger charge is -2.25. The molecule has 2 aromatic rings. The van der Waals surface area contributed by atoms with Crippen LogP contribution in [0.3, 0.4) is 0 Å². The molecule has 0 unspecified atom stereocenters. The molecule has 0 saturated carbocycles. The van der Waals surface area contributed by atoms with Crippen LogP contribution < -0.4 is 4.90 Å². The van der Waals surface area contributed by atoms with Crippen molar-refractivity contribution in [2.24, 2.45) is 0 Å². The first-order valence-electron chi connectivity index (χ1n) is 10.5. The molecule has 0 aromatic heterocycles. The number of carbonyl (C=O) groups is 2. The number of rotatable bonds is 10. The fourth-order valence-corrected chi connectivity index (χ4v) is 3.87. The summed E-state index contributed by atoms with van der Waals surface area (Å²) in [6, 6.07) is 11.2. The topological polar surface area (TPSA) is 102 Å². The Morgan fingerprint density at radius 1 is 0.909 bits per heavy atom. The highest BCUT2D eigenvalue weighted by Crippen LogP contribution is 2.36. The van der Waals surface area contributed by atoms with Crippen LogP contribution in [0.15, 0.2) is 48.2 Å². The zero-order valence-electron chi connectivity index (χ0n) is 19.2. The first-order chi connectivity index (χ1) is 15.8. The van der Waals surface area contributed by atoms with E-state index >= 15 is 0 Å². The molecule has 1 heterocycles. The van der Waals surface area contributed by atoms with E-state index in [0.717, 1.165) is 11.1 Å². The molecule has 0 N–H and O–H groups in total. The first kappa shape index (κ1) is 24.1. The number of ether oxygens (including phenoxy) is 2. The van der Waals surface area contributed by atoms with Gasteiger partial charge in [-0.15, -0.1) is 0 Å². The first-order valence-corrected chi connectivity index (χ1v) is 10.5. The second-order valence-corrected chi connectivity index (χ2v) is 7.79. The Balaban J connectivity index is 2.15. The van der Waals surface area contributed by atoms with Crippen molar-refractivity contribution in [2.45, 2.75) is 13.8 Å². The van der Waals surface area contributed by atoms with Gasteiger partial charge in [0.2, 0.25) is 0 Å². The van der Waals surface area contributed by atoms with E-state index in [1.54, 1.807) is 31.3 Å². The molecule has 0 spiro atoms. The van der Waals surface area contributed by atoms with Crippen LogP contribution in [0.2, 0.25) is 0 Å². The summed E-state index contributed by atoms with van der Waals surface area (Å²) in [5, 5.41) is 11.1. The number of methoxy groups -OCH3 is 2. The van der Waals surface area contributed by atoms with Gasteiger partial charge in [0, 0.05) is 39.4 Å². The van der Waals surface area contributed by atoms with Crippen LogP contribution in [-0.4, -0.2) is 62.2 Å². The third-order valence-corrected chi connectivity index (χ3v) is 5.34. The van der Waals surface area contributed by atoms with Gasteiger partial charge in [0.25, 0.3) is 17.5 Å². The van der Waals surface area contributed by atoms with Crippen LogP contribution in [0, 0.1) is 24.0 Å². The van der Waals surface area contributed by atoms with Crippen LogP contribution in [0.4, 0.5) is 11.4 Å². The molecule has 1 aliphatic heterocycles. The lowest BCUT2D eigenvalue weighted by molar-refractivity contribution is -0.384. The van der Waals surface area contributed by atoms with Crippen LogP contribution in [0.5, 0.6) is 0 Å². The summed E-state index contributed by atoms with van der Waals surface area (Å²) in [5.41, 5.74) is 3.08. The number of imide groups is 1. The molecule has 2 amide bonds. The smallest absolute Gasteiger partial charge is 0.282 e. The van der Waals surface area contributed by atoms with Crippen LogP contribution in [0.25, 0.3) is 5.57 Å². The monoisotopic (exact) mass is 453 g/mol. The zero-order chi connectivity index (χ0) is 24.1. The second kappa shape index (κ2) is 10.4. The summed E-state index contributed by atoms with van der Waals surface area (Å²) in [6.45, 7) is 5.21. The summed E-state index contributed by atoms with van der Waals surface area (Å²) < 4.78 is 10.4. The third-order valence-electron chi connectivity index (χ3n) is 5.34.